The van der Waals surface area contributed by atoms with E-state index in [2.05, 4.69) is 9.97 Å². The van der Waals surface area contributed by atoms with E-state index < -0.39 is 5.91 Å². The Morgan fingerprint density at radius 3 is 2.75 bits per heavy atom. The summed E-state index contributed by atoms with van der Waals surface area (Å²) in [5.41, 5.74) is 7.12. The fourth-order valence-corrected chi connectivity index (χ4v) is 1.58. The summed E-state index contributed by atoms with van der Waals surface area (Å²) < 4.78 is 0. The third-order valence-corrected chi connectivity index (χ3v) is 2.33. The second-order valence-electron chi connectivity index (χ2n) is 3.63. The third-order valence-electron chi connectivity index (χ3n) is 2.33. The number of rotatable bonds is 3. The molecule has 1 heterocycles. The van der Waals surface area contributed by atoms with Crippen molar-refractivity contribution in [3.05, 3.63) is 28.7 Å². The molecule has 84 valence electrons. The summed E-state index contributed by atoms with van der Waals surface area (Å²) in [4.78, 5) is 28.8. The van der Waals surface area contributed by atoms with Gasteiger partial charge in [0.15, 0.2) is 0 Å². The maximum Gasteiger partial charge on any atom is 0.323 e. The van der Waals surface area contributed by atoms with Crippen LogP contribution in [0.25, 0.3) is 11.0 Å². The van der Waals surface area contributed by atoms with Gasteiger partial charge in [0.05, 0.1) is 17.6 Å². The van der Waals surface area contributed by atoms with E-state index in [4.69, 9.17) is 5.73 Å². The number of benzene rings is 1. The Morgan fingerprint density at radius 2 is 2.06 bits per heavy atom. The number of primary amides is 1. The van der Waals surface area contributed by atoms with Gasteiger partial charge in [-0.1, -0.05) is 0 Å². The summed E-state index contributed by atoms with van der Waals surface area (Å²) in [6.07, 6.45) is 0. The van der Waals surface area contributed by atoms with Crippen LogP contribution in [0.5, 0.6) is 0 Å². The van der Waals surface area contributed by atoms with Crippen molar-refractivity contribution in [3.8, 4) is 0 Å². The number of nitrogens with two attached hydrogens (primary N) is 1. The molecule has 0 bridgehead atoms. The topological polar surface area (TPSA) is 95.0 Å². The van der Waals surface area contributed by atoms with Gasteiger partial charge in [-0.3, -0.25) is 4.79 Å². The van der Waals surface area contributed by atoms with Crippen molar-refractivity contribution in [1.29, 1.82) is 0 Å². The van der Waals surface area contributed by atoms with Gasteiger partial charge in [0.2, 0.25) is 5.91 Å². The van der Waals surface area contributed by atoms with E-state index in [1.807, 2.05) is 6.07 Å². The highest BCUT2D eigenvalue weighted by atomic mass is 16.1. The Balaban J connectivity index is 2.38. The molecule has 0 aliphatic carbocycles. The average Bonchev–Trinajstić information content (AvgIpc) is 2.55. The second kappa shape index (κ2) is 3.73. The van der Waals surface area contributed by atoms with Crippen LogP contribution in [0.3, 0.4) is 0 Å². The fourth-order valence-electron chi connectivity index (χ4n) is 1.58. The van der Waals surface area contributed by atoms with E-state index in [0.29, 0.717) is 5.52 Å². The minimum atomic E-state index is -0.398. The van der Waals surface area contributed by atoms with Crippen molar-refractivity contribution < 1.29 is 4.79 Å². The molecule has 1 amide bonds. The van der Waals surface area contributed by atoms with E-state index >= 15 is 0 Å². The Bertz CT molecular complexity index is 584. The number of carbonyl (C=O) groups excluding carboxylic acids is 1. The molecule has 2 aromatic rings. The van der Waals surface area contributed by atoms with Crippen LogP contribution < -0.4 is 16.3 Å². The molecule has 0 saturated carbocycles. The van der Waals surface area contributed by atoms with E-state index in [0.717, 1.165) is 11.2 Å². The van der Waals surface area contributed by atoms with Gasteiger partial charge in [-0.05, 0) is 18.2 Å². The number of fused-ring (bicyclic) bond motifs is 1. The molecule has 0 spiro atoms. The average molecular weight is 220 g/mol. The molecule has 4 N–H and O–H groups in total. The molecular weight excluding hydrogens is 208 g/mol. The molecule has 16 heavy (non-hydrogen) atoms. The number of aromatic nitrogens is 2. The van der Waals surface area contributed by atoms with Crippen molar-refractivity contribution in [2.75, 3.05) is 18.5 Å². The standard InChI is InChI=1S/C10H12N4O2/c1-14(5-9(11)15)6-2-3-7-8(4-6)13-10(16)12-7/h2-4H,5H2,1H3,(H2,11,15)(H2,12,13,16). The fraction of sp³-hybridized carbons (Fsp3) is 0.200. The number of carbonyl (C=O) groups is 1. The predicted octanol–water partition coefficient (Wildman–Crippen LogP) is -0.222. The van der Waals surface area contributed by atoms with E-state index in [1.165, 1.54) is 0 Å². The van der Waals surface area contributed by atoms with Crippen molar-refractivity contribution in [3.63, 3.8) is 0 Å². The Labute approximate surface area is 91.1 Å². The SMILES string of the molecule is CN(CC(N)=O)c1ccc2[nH]c(=O)[nH]c2c1. The van der Waals surface area contributed by atoms with Crippen LogP contribution >= 0.6 is 0 Å². The molecule has 6 nitrogen and oxygen atoms in total. The lowest BCUT2D eigenvalue weighted by molar-refractivity contribution is -0.116. The maximum absolute atomic E-state index is 11.0. The molecule has 0 unspecified atom stereocenters. The first-order chi connectivity index (χ1) is 7.56. The van der Waals surface area contributed by atoms with Gasteiger partial charge in [0, 0.05) is 12.7 Å². The highest BCUT2D eigenvalue weighted by Crippen LogP contribution is 2.17. The summed E-state index contributed by atoms with van der Waals surface area (Å²) >= 11 is 0. The van der Waals surface area contributed by atoms with Crippen LogP contribution in [0.2, 0.25) is 0 Å². The second-order valence-corrected chi connectivity index (χ2v) is 3.63. The predicted molar refractivity (Wildman–Crippen MR) is 61.4 cm³/mol. The smallest absolute Gasteiger partial charge is 0.323 e. The molecule has 1 aromatic carbocycles. The highest BCUT2D eigenvalue weighted by molar-refractivity contribution is 5.82. The minimum absolute atomic E-state index is 0.139. The van der Waals surface area contributed by atoms with Crippen LogP contribution in [-0.2, 0) is 4.79 Å². The molecule has 1 aromatic heterocycles. The monoisotopic (exact) mass is 220 g/mol. The number of nitrogens with zero attached hydrogens (tertiary/aromatic N) is 1. The highest BCUT2D eigenvalue weighted by Gasteiger charge is 2.06. The van der Waals surface area contributed by atoms with Crippen LogP contribution in [0.1, 0.15) is 0 Å². The first-order valence-corrected chi connectivity index (χ1v) is 4.78. The minimum Gasteiger partial charge on any atom is -0.368 e. The number of nitrogens with one attached hydrogen (secondary N) is 2. The quantitative estimate of drug-likeness (QED) is 0.667. The zero-order chi connectivity index (χ0) is 11.7. The Kier molecular flexibility index (Phi) is 2.40. The van der Waals surface area contributed by atoms with Gasteiger partial charge >= 0.3 is 5.69 Å². The molecule has 0 atom stereocenters. The molecule has 0 aliphatic heterocycles. The first-order valence-electron chi connectivity index (χ1n) is 4.78. The van der Waals surface area contributed by atoms with E-state index in [-0.39, 0.29) is 12.2 Å². The van der Waals surface area contributed by atoms with Gasteiger partial charge in [0.1, 0.15) is 0 Å². The van der Waals surface area contributed by atoms with Crippen molar-refractivity contribution in [2.45, 2.75) is 0 Å². The van der Waals surface area contributed by atoms with Gasteiger partial charge in [-0.25, -0.2) is 4.79 Å². The maximum atomic E-state index is 11.0. The molecule has 0 aliphatic rings. The number of anilines is 1. The lowest BCUT2D eigenvalue weighted by Gasteiger charge is -2.16. The largest absolute Gasteiger partial charge is 0.368 e. The summed E-state index contributed by atoms with van der Waals surface area (Å²) in [6.45, 7) is 0.139. The van der Waals surface area contributed by atoms with Crippen molar-refractivity contribution >= 4 is 22.6 Å². The molecule has 0 fully saturated rings. The van der Waals surface area contributed by atoms with Crippen LogP contribution in [0.15, 0.2) is 23.0 Å². The van der Waals surface area contributed by atoms with Crippen molar-refractivity contribution in [1.82, 2.24) is 9.97 Å². The Morgan fingerprint density at radius 1 is 1.38 bits per heavy atom. The normalized spacial score (nSPS) is 10.6. The molecule has 0 radical (unpaired) electrons. The number of H-pyrrole nitrogens is 2. The lowest BCUT2D eigenvalue weighted by Crippen LogP contribution is -2.30. The number of likely N-dealkylation sites (N-methyl/N-ethyl adjacent to an activating group) is 1. The number of amides is 1. The van der Waals surface area contributed by atoms with Crippen LogP contribution in [0.4, 0.5) is 5.69 Å². The molecule has 6 heteroatoms. The van der Waals surface area contributed by atoms with Crippen LogP contribution in [-0.4, -0.2) is 29.5 Å². The van der Waals surface area contributed by atoms with E-state index in [9.17, 15) is 9.59 Å². The summed E-state index contributed by atoms with van der Waals surface area (Å²) in [7, 11) is 1.76. The zero-order valence-electron chi connectivity index (χ0n) is 8.78. The van der Waals surface area contributed by atoms with Gasteiger partial charge in [-0.15, -0.1) is 0 Å². The Hall–Kier alpha value is -2.24. The first kappa shape index (κ1) is 10.3. The van der Waals surface area contributed by atoms with Gasteiger partial charge in [0.25, 0.3) is 0 Å². The van der Waals surface area contributed by atoms with Crippen LogP contribution in [0, 0.1) is 0 Å². The molecular formula is C10H12N4O2. The summed E-state index contributed by atoms with van der Waals surface area (Å²) in [5, 5.41) is 0. The molecule has 0 saturated heterocycles. The number of hydrogen-bond acceptors (Lipinski definition) is 3. The zero-order valence-corrected chi connectivity index (χ0v) is 8.78. The summed E-state index contributed by atoms with van der Waals surface area (Å²) in [5.74, 6) is -0.398. The number of hydrogen-bond donors (Lipinski definition) is 3. The van der Waals surface area contributed by atoms with Gasteiger partial charge in [-0.2, -0.15) is 0 Å². The van der Waals surface area contributed by atoms with Crippen molar-refractivity contribution in [2.24, 2.45) is 5.73 Å². The van der Waals surface area contributed by atoms with E-state index in [1.54, 1.807) is 24.1 Å². The lowest BCUT2D eigenvalue weighted by atomic mass is 10.2. The molecule has 2 rings (SSSR count). The summed E-state index contributed by atoms with van der Waals surface area (Å²) in [6, 6.07) is 5.38. The number of imidazole rings is 1. The van der Waals surface area contributed by atoms with Gasteiger partial charge < -0.3 is 20.6 Å². The third kappa shape index (κ3) is 1.90. The number of aromatic amines is 2.